The number of hydrogen-bond acceptors (Lipinski definition) is 3. The summed E-state index contributed by atoms with van der Waals surface area (Å²) in [5.74, 6) is 2.08. The zero-order valence-electron chi connectivity index (χ0n) is 9.46. The second-order valence-electron chi connectivity index (χ2n) is 3.60. The Morgan fingerprint density at radius 1 is 1.60 bits per heavy atom. The maximum absolute atomic E-state index is 6.13. The molecule has 1 aromatic rings. The minimum atomic E-state index is 0.162. The van der Waals surface area contributed by atoms with E-state index in [1.54, 1.807) is 4.68 Å². The van der Waals surface area contributed by atoms with Gasteiger partial charge in [0.25, 0.3) is 0 Å². The van der Waals surface area contributed by atoms with E-state index < -0.39 is 0 Å². The monoisotopic (exact) mass is 247 g/mol. The molecule has 1 aromatic heterocycles. The van der Waals surface area contributed by atoms with E-state index in [9.17, 15) is 0 Å². The third-order valence-electron chi connectivity index (χ3n) is 2.27. The van der Waals surface area contributed by atoms with Crippen molar-refractivity contribution in [3.63, 3.8) is 0 Å². The van der Waals surface area contributed by atoms with Gasteiger partial charge < -0.3 is 5.73 Å². The number of nitrogens with two attached hydrogens (primary N) is 1. The van der Waals surface area contributed by atoms with Crippen LogP contribution >= 0.6 is 23.4 Å². The van der Waals surface area contributed by atoms with E-state index in [4.69, 9.17) is 17.3 Å². The van der Waals surface area contributed by atoms with Gasteiger partial charge in [0.2, 0.25) is 0 Å². The highest BCUT2D eigenvalue weighted by molar-refractivity contribution is 7.99. The minimum Gasteiger partial charge on any atom is -0.327 e. The van der Waals surface area contributed by atoms with Crippen molar-refractivity contribution >= 4 is 23.4 Å². The Morgan fingerprint density at radius 3 is 2.73 bits per heavy atom. The summed E-state index contributed by atoms with van der Waals surface area (Å²) in [6.07, 6.45) is 0.811. The highest BCUT2D eigenvalue weighted by Gasteiger charge is 2.14. The number of halogens is 1. The van der Waals surface area contributed by atoms with Crippen molar-refractivity contribution in [2.75, 3.05) is 11.5 Å². The Labute approximate surface area is 100 Å². The van der Waals surface area contributed by atoms with Crippen LogP contribution in [0, 0.1) is 6.92 Å². The van der Waals surface area contributed by atoms with Crippen molar-refractivity contribution < 1.29 is 0 Å². The van der Waals surface area contributed by atoms with E-state index in [1.807, 2.05) is 25.7 Å². The van der Waals surface area contributed by atoms with Gasteiger partial charge in [-0.05, 0) is 19.1 Å². The summed E-state index contributed by atoms with van der Waals surface area (Å²) in [4.78, 5) is 0. The van der Waals surface area contributed by atoms with Crippen molar-refractivity contribution in [2.45, 2.75) is 26.3 Å². The highest BCUT2D eigenvalue weighted by atomic mass is 35.5. The summed E-state index contributed by atoms with van der Waals surface area (Å²) in [5, 5.41) is 4.98. The van der Waals surface area contributed by atoms with Gasteiger partial charge in [-0.15, -0.1) is 0 Å². The molecule has 0 aliphatic carbocycles. The standard InChI is InChI=1S/C10H18ClN3S/c1-4-15-6-8(12)5-9-7(2)13-14(3)10(9)11/h8H,4-6,12H2,1-3H3. The number of aromatic nitrogens is 2. The molecule has 1 rings (SSSR count). The van der Waals surface area contributed by atoms with Gasteiger partial charge in [-0.1, -0.05) is 18.5 Å². The second kappa shape index (κ2) is 5.77. The van der Waals surface area contributed by atoms with Crippen LogP contribution in [0.1, 0.15) is 18.2 Å². The molecule has 1 atom stereocenters. The molecule has 2 N–H and O–H groups in total. The van der Waals surface area contributed by atoms with Gasteiger partial charge in [-0.3, -0.25) is 4.68 Å². The number of hydrogen-bond donors (Lipinski definition) is 1. The fourth-order valence-corrected chi connectivity index (χ4v) is 2.40. The van der Waals surface area contributed by atoms with Gasteiger partial charge in [0.1, 0.15) is 5.15 Å². The molecular weight excluding hydrogens is 230 g/mol. The molecule has 0 spiro atoms. The molecule has 0 radical (unpaired) electrons. The summed E-state index contributed by atoms with van der Waals surface area (Å²) in [5.41, 5.74) is 8.09. The summed E-state index contributed by atoms with van der Waals surface area (Å²) < 4.78 is 1.70. The van der Waals surface area contributed by atoms with Gasteiger partial charge in [-0.25, -0.2) is 0 Å². The van der Waals surface area contributed by atoms with Crippen LogP contribution in [0.25, 0.3) is 0 Å². The van der Waals surface area contributed by atoms with Gasteiger partial charge in [0, 0.05) is 24.4 Å². The van der Waals surface area contributed by atoms with E-state index in [0.717, 1.165) is 29.2 Å². The molecule has 1 heterocycles. The van der Waals surface area contributed by atoms with Gasteiger partial charge in [0.15, 0.2) is 0 Å². The van der Waals surface area contributed by atoms with Gasteiger partial charge >= 0.3 is 0 Å². The molecule has 0 aliphatic heterocycles. The first-order chi connectivity index (χ1) is 7.06. The van der Waals surface area contributed by atoms with Crippen LogP contribution in [0.3, 0.4) is 0 Å². The number of thioether (sulfide) groups is 1. The Morgan fingerprint density at radius 2 is 2.27 bits per heavy atom. The molecule has 1 unspecified atom stereocenters. The van der Waals surface area contributed by atoms with E-state index in [-0.39, 0.29) is 6.04 Å². The largest absolute Gasteiger partial charge is 0.327 e. The predicted octanol–water partition coefficient (Wildman–Crippen LogP) is 2.00. The summed E-state index contributed by atoms with van der Waals surface area (Å²) in [7, 11) is 1.85. The van der Waals surface area contributed by atoms with E-state index in [2.05, 4.69) is 12.0 Å². The average Bonchev–Trinajstić information content (AvgIpc) is 2.42. The van der Waals surface area contributed by atoms with E-state index in [0.29, 0.717) is 5.15 Å². The summed E-state index contributed by atoms with van der Waals surface area (Å²) in [6.45, 7) is 4.11. The molecule has 0 bridgehead atoms. The topological polar surface area (TPSA) is 43.8 Å². The van der Waals surface area contributed by atoms with Crippen LogP contribution in [0.4, 0.5) is 0 Å². The Kier molecular flexibility index (Phi) is 4.96. The van der Waals surface area contributed by atoms with Crippen molar-refractivity contribution in [3.05, 3.63) is 16.4 Å². The lowest BCUT2D eigenvalue weighted by Crippen LogP contribution is -2.26. The lowest BCUT2D eigenvalue weighted by molar-refractivity contribution is 0.743. The SMILES string of the molecule is CCSCC(N)Cc1c(C)nn(C)c1Cl. The van der Waals surface area contributed by atoms with E-state index >= 15 is 0 Å². The Bertz CT molecular complexity index is 325. The first-order valence-corrected chi connectivity index (χ1v) is 6.60. The van der Waals surface area contributed by atoms with Crippen molar-refractivity contribution in [1.29, 1.82) is 0 Å². The Balaban J connectivity index is 2.63. The molecule has 3 nitrogen and oxygen atoms in total. The molecule has 0 aromatic carbocycles. The summed E-state index contributed by atoms with van der Waals surface area (Å²) >= 11 is 7.99. The quantitative estimate of drug-likeness (QED) is 0.866. The maximum atomic E-state index is 6.13. The third-order valence-corrected chi connectivity index (χ3v) is 3.82. The van der Waals surface area contributed by atoms with Crippen LogP contribution in [-0.4, -0.2) is 27.3 Å². The minimum absolute atomic E-state index is 0.162. The molecular formula is C10H18ClN3S. The smallest absolute Gasteiger partial charge is 0.130 e. The zero-order valence-corrected chi connectivity index (χ0v) is 11.0. The fraction of sp³-hybridized carbons (Fsp3) is 0.700. The van der Waals surface area contributed by atoms with Crippen molar-refractivity contribution in [2.24, 2.45) is 12.8 Å². The van der Waals surface area contributed by atoms with Crippen molar-refractivity contribution in [1.82, 2.24) is 9.78 Å². The second-order valence-corrected chi connectivity index (χ2v) is 5.28. The van der Waals surface area contributed by atoms with Crippen molar-refractivity contribution in [3.8, 4) is 0 Å². The number of rotatable bonds is 5. The molecule has 0 fully saturated rings. The van der Waals surface area contributed by atoms with Crippen LogP contribution in [-0.2, 0) is 13.5 Å². The van der Waals surface area contributed by atoms with Gasteiger partial charge in [0.05, 0.1) is 5.69 Å². The molecule has 86 valence electrons. The zero-order chi connectivity index (χ0) is 11.4. The van der Waals surface area contributed by atoms with Crippen LogP contribution < -0.4 is 5.73 Å². The lowest BCUT2D eigenvalue weighted by Gasteiger charge is -2.10. The molecule has 0 saturated carbocycles. The molecule has 15 heavy (non-hydrogen) atoms. The van der Waals surface area contributed by atoms with Crippen LogP contribution in [0.2, 0.25) is 5.15 Å². The Hall–Kier alpha value is -0.190. The molecule has 0 amide bonds. The average molecular weight is 248 g/mol. The van der Waals surface area contributed by atoms with Crippen LogP contribution in [0.15, 0.2) is 0 Å². The first kappa shape index (κ1) is 12.9. The van der Waals surface area contributed by atoms with Crippen LogP contribution in [0.5, 0.6) is 0 Å². The summed E-state index contributed by atoms with van der Waals surface area (Å²) in [6, 6.07) is 0.162. The first-order valence-electron chi connectivity index (χ1n) is 5.07. The molecule has 0 saturated heterocycles. The van der Waals surface area contributed by atoms with Gasteiger partial charge in [-0.2, -0.15) is 16.9 Å². The number of aryl methyl sites for hydroxylation is 2. The predicted molar refractivity (Wildman–Crippen MR) is 67.6 cm³/mol. The normalized spacial score (nSPS) is 13.1. The third kappa shape index (κ3) is 3.40. The number of nitrogens with zero attached hydrogens (tertiary/aromatic N) is 2. The molecule has 0 aliphatic rings. The lowest BCUT2D eigenvalue weighted by atomic mass is 10.1. The fourth-order valence-electron chi connectivity index (χ4n) is 1.50. The maximum Gasteiger partial charge on any atom is 0.130 e. The van der Waals surface area contributed by atoms with E-state index in [1.165, 1.54) is 0 Å². The molecule has 5 heteroatoms. The highest BCUT2D eigenvalue weighted by Crippen LogP contribution is 2.20.